The number of piperazine rings is 2. The van der Waals surface area contributed by atoms with Crippen molar-refractivity contribution >= 4 is 133 Å². The highest BCUT2D eigenvalue weighted by molar-refractivity contribution is 7.91. The van der Waals surface area contributed by atoms with Gasteiger partial charge in [0, 0.05) is 205 Å². The van der Waals surface area contributed by atoms with Crippen LogP contribution in [0.3, 0.4) is 0 Å². The van der Waals surface area contributed by atoms with Crippen molar-refractivity contribution < 1.29 is 34.7 Å². The van der Waals surface area contributed by atoms with Crippen LogP contribution in [0.5, 0.6) is 0 Å². The highest BCUT2D eigenvalue weighted by atomic mass is 35.5. The van der Waals surface area contributed by atoms with Crippen molar-refractivity contribution in [2.75, 3.05) is 143 Å². The van der Waals surface area contributed by atoms with E-state index < -0.39 is 35.9 Å². The van der Waals surface area contributed by atoms with Gasteiger partial charge in [-0.2, -0.15) is 15.0 Å². The zero-order chi connectivity index (χ0) is 98.0. The van der Waals surface area contributed by atoms with Crippen LogP contribution in [-0.4, -0.2) is 217 Å². The van der Waals surface area contributed by atoms with Gasteiger partial charge in [0.2, 0.25) is 37.7 Å². The molecule has 4 saturated heterocycles. The fourth-order valence-corrected chi connectivity index (χ4v) is 23.3. The van der Waals surface area contributed by atoms with Crippen LogP contribution in [0.4, 0.5) is 52.0 Å². The monoisotopic (exact) mass is 1980 g/mol. The van der Waals surface area contributed by atoms with E-state index in [4.69, 9.17) is 40.2 Å². The fraction of sp³-hybridized carbons (Fsp3) is 0.340. The Hall–Kier alpha value is -13.5. The van der Waals surface area contributed by atoms with Gasteiger partial charge in [-0.25, -0.2) is 49.9 Å². The third-order valence-corrected chi connectivity index (χ3v) is 31.9. The predicted molar refractivity (Wildman–Crippen MR) is 552 cm³/mol. The first-order valence-electron chi connectivity index (χ1n) is 47.5. The van der Waals surface area contributed by atoms with Crippen LogP contribution in [0.1, 0.15) is 102 Å². The van der Waals surface area contributed by atoms with Crippen LogP contribution in [0.15, 0.2) is 246 Å². The summed E-state index contributed by atoms with van der Waals surface area (Å²) >= 11 is 6.63. The second-order valence-corrected chi connectivity index (χ2v) is 42.5. The Bertz CT molecular complexity index is 7510. The number of aromatic nitrogens is 13. The zero-order valence-corrected chi connectivity index (χ0v) is 82.8. The van der Waals surface area contributed by atoms with Crippen molar-refractivity contribution in [3.63, 3.8) is 0 Å². The lowest BCUT2D eigenvalue weighted by Crippen LogP contribution is -2.44. The molecule has 15 aromatic rings. The van der Waals surface area contributed by atoms with E-state index in [1.807, 2.05) is 123 Å². The number of likely N-dealkylation sites (N-methyl/N-ethyl adjacent to an activating group) is 1. The third kappa shape index (κ3) is 22.8. The molecular weight excluding hydrogens is 1870 g/mol. The average molecular weight is 1980 g/mol. The minimum Gasteiger partial charge on any atom is -0.445 e. The Kier molecular flexibility index (Phi) is 30.3. The maximum Gasteiger partial charge on any atom is 0.260 e. The van der Waals surface area contributed by atoms with Gasteiger partial charge in [-0.15, -0.1) is 0 Å². The molecule has 0 spiro atoms. The number of halogens is 1. The van der Waals surface area contributed by atoms with Gasteiger partial charge in [-0.05, 0) is 224 Å². The van der Waals surface area contributed by atoms with Crippen molar-refractivity contribution in [3.8, 4) is 11.1 Å². The smallest absolute Gasteiger partial charge is 0.260 e. The quantitative estimate of drug-likeness (QED) is 0.0253. The lowest BCUT2D eigenvalue weighted by molar-refractivity contribution is 0.0808. The number of ether oxygens (including phenoxy) is 1. The zero-order valence-electron chi connectivity index (χ0n) is 79.6. The summed E-state index contributed by atoms with van der Waals surface area (Å²) in [5, 5.41) is 26.0. The summed E-state index contributed by atoms with van der Waals surface area (Å²) in [5.74, 6) is 1.46. The number of hydrogen-bond donors (Lipinski definition) is 6. The number of imidazole rings is 1. The molecule has 6 aromatic carbocycles. The standard InChI is InChI=1S/C35H32ClN7O3S.C35H40N8O3S.C33H42N8O5S/c1-22-9-14-28(30(36)16-22)29-17-23-18-38-35(41-25-12-10-24(11-13-25)40-26-6-5-15-37-19-26)42-32(23)43(34(29)44)20-31-33(39-21-46-31)47(45)27-7-3-2-4-8-27;1-25-7-3-4-8-26(25)21-27-22-28-23-37-35(38-29-11-13-30(14-12-29)41-19-17-40(2)18-20-41)39-33(28)42(34(27)44)24-32-36-15-16-43(32)47(45,46)31-9-5-6-10-31;1-22-17-27(5-6-29(22)40-11-9-34-10-12-40)37-33-35-19-25-18-28(23(2)24-7-14-45-15-8-24)31(42)41(30(25)38-33)21-26-20-36-46-32(26)47(43,44)16-13-39(3)4/h2-4,7-14,16-18,21,26,37,40H,5-6,15,19-20H2,1H3,(H,38,41,42);3-4,7-8,11-16,22-23,31H,5-6,9-10,17-21,24H2,1-2H3,(H,37,38,39);5-6,17-20,24,34H,2,7-16,21H2,1,3-4H3,(H,35,37,38). The predicted octanol–water partition coefficient (Wildman–Crippen LogP) is 14.1. The average Bonchev–Trinajstić information content (AvgIpc) is 1.39. The van der Waals surface area contributed by atoms with Crippen molar-refractivity contribution in [1.82, 2.24) is 83.1 Å². The molecule has 1 aliphatic carbocycles. The minimum atomic E-state index is -3.81. The largest absolute Gasteiger partial charge is 0.445 e. The summed E-state index contributed by atoms with van der Waals surface area (Å²) in [6, 6.07) is 50.6. The molecule has 0 amide bonds. The minimum absolute atomic E-state index is 0.0495. The molecule has 0 bridgehead atoms. The number of allylic oxidation sites excluding steroid dienone is 1. The summed E-state index contributed by atoms with van der Waals surface area (Å²) in [5.41, 5.74) is 13.3. The van der Waals surface area contributed by atoms with Crippen LogP contribution in [0.2, 0.25) is 5.02 Å². The van der Waals surface area contributed by atoms with Gasteiger partial charge in [0.1, 0.15) is 33.6 Å². The van der Waals surface area contributed by atoms with Gasteiger partial charge in [0.15, 0.2) is 17.2 Å². The van der Waals surface area contributed by atoms with E-state index in [2.05, 4.69) is 121 Å². The molecule has 2 atom stereocenters. The number of fused-ring (bicyclic) bond motifs is 3. The van der Waals surface area contributed by atoms with E-state index in [1.165, 1.54) is 54.0 Å². The fourth-order valence-electron chi connectivity index (χ4n) is 18.5. The summed E-state index contributed by atoms with van der Waals surface area (Å²) in [6.07, 6.45) is 17.9. The summed E-state index contributed by atoms with van der Waals surface area (Å²) in [4.78, 5) is 88.9. The Labute approximate surface area is 824 Å². The van der Waals surface area contributed by atoms with Crippen LogP contribution in [0.25, 0.3) is 49.8 Å². The lowest BCUT2D eigenvalue weighted by Gasteiger charge is -2.34. The number of piperidine rings is 1. The molecule has 2 unspecified atom stereocenters. The van der Waals surface area contributed by atoms with Gasteiger partial charge in [0.25, 0.3) is 21.8 Å². The van der Waals surface area contributed by atoms with Crippen LogP contribution >= 0.6 is 11.6 Å². The van der Waals surface area contributed by atoms with Crippen molar-refractivity contribution in [1.29, 1.82) is 0 Å². The Morgan fingerprint density at radius 3 is 1.87 bits per heavy atom. The number of oxazole rings is 1. The third-order valence-electron chi connectivity index (χ3n) is 26.4. The number of hydrogen-bond acceptors (Lipinski definition) is 30. The highest BCUT2D eigenvalue weighted by Crippen LogP contribution is 2.36. The molecule has 5 aliphatic rings. The Balaban J connectivity index is 0.000000140. The molecule has 34 nitrogen and oxygen atoms in total. The van der Waals surface area contributed by atoms with E-state index in [0.717, 1.165) is 155 Å². The molecule has 4 aliphatic heterocycles. The number of nitrogens with one attached hydrogen (secondary N) is 6. The first kappa shape index (κ1) is 97.7. The van der Waals surface area contributed by atoms with E-state index in [1.54, 1.807) is 61.9 Å². The molecule has 9 aromatic heterocycles. The van der Waals surface area contributed by atoms with Crippen LogP contribution < -0.4 is 58.4 Å². The number of pyridine rings is 3. The van der Waals surface area contributed by atoms with Crippen LogP contribution in [0, 0.1) is 26.7 Å². The van der Waals surface area contributed by atoms with Gasteiger partial charge in [-0.1, -0.05) is 90.8 Å². The Morgan fingerprint density at radius 1 is 0.582 bits per heavy atom. The van der Waals surface area contributed by atoms with E-state index in [9.17, 15) is 35.4 Å². The summed E-state index contributed by atoms with van der Waals surface area (Å²) in [7, 11) is -3.34. The SMILES string of the molecule is C=C(c1cc2cnc(Nc3ccc(N4CCNCC4)c(C)c3)nc2n(Cc2cnoc2S(=O)(=O)CCN(C)C)c1=O)C1CCOCC1.Cc1ccc(-c2cc3cnc(Nc4ccc(NC5CCCNC5)cc4)nc3n(Cc3ocnc3S(=O)c3ccccc3)c2=O)c(Cl)c1.Cc1ccccc1Cc1cc2cnc(Nc3ccc(N4CCN(C)CC4)cc3)nc2n(Cc2nccn2S(=O)(=O)C2CCCC2)c1=O. The van der Waals surface area contributed by atoms with Gasteiger partial charge in [0.05, 0.1) is 42.4 Å². The lowest BCUT2D eigenvalue weighted by atomic mass is 9.88. The van der Waals surface area contributed by atoms with Gasteiger partial charge < -0.3 is 65.2 Å². The van der Waals surface area contributed by atoms with Gasteiger partial charge in [-0.3, -0.25) is 28.1 Å². The van der Waals surface area contributed by atoms with Crippen molar-refractivity contribution in [2.45, 2.75) is 124 Å². The molecule has 6 N–H and O–H groups in total. The summed E-state index contributed by atoms with van der Waals surface area (Å²) in [6.45, 7) is 21.5. The first-order valence-corrected chi connectivity index (χ1v) is 52.2. The molecule has 732 valence electrons. The normalized spacial score (nSPS) is 16.0. The molecule has 141 heavy (non-hydrogen) atoms. The molecule has 0 radical (unpaired) electrons. The highest BCUT2D eigenvalue weighted by Gasteiger charge is 2.34. The second kappa shape index (κ2) is 43.7. The number of nitrogens with zero attached hydrogens (tertiary/aromatic N) is 17. The molecule has 20 rings (SSSR count). The van der Waals surface area contributed by atoms with Crippen molar-refractivity contribution in [3.05, 3.63) is 294 Å². The number of anilines is 9. The number of benzene rings is 6. The molecule has 5 fully saturated rings. The second-order valence-electron chi connectivity index (χ2n) is 36.6. The van der Waals surface area contributed by atoms with E-state index in [0.29, 0.717) is 128 Å². The first-order chi connectivity index (χ1) is 68.3. The van der Waals surface area contributed by atoms with E-state index in [-0.39, 0.29) is 75.2 Å². The van der Waals surface area contributed by atoms with E-state index >= 15 is 0 Å². The maximum atomic E-state index is 14.2. The maximum absolute atomic E-state index is 14.2. The number of aryl methyl sites for hydroxylation is 3. The molecule has 13 heterocycles. The number of rotatable bonds is 29. The van der Waals surface area contributed by atoms with Gasteiger partial charge >= 0.3 is 0 Å². The Morgan fingerprint density at radius 2 is 1.21 bits per heavy atom. The van der Waals surface area contributed by atoms with Crippen molar-refractivity contribution in [2.24, 2.45) is 5.92 Å². The van der Waals surface area contributed by atoms with Crippen LogP contribution in [-0.2, 0) is 61.5 Å². The summed E-state index contributed by atoms with van der Waals surface area (Å²) < 4.78 is 89.4. The topological polar surface area (TPSA) is 393 Å². The molecular formula is C103H114ClN23O11S3. The molecule has 38 heteroatoms. The number of sulfone groups is 1. The molecule has 1 saturated carbocycles.